The fourth-order valence-corrected chi connectivity index (χ4v) is 2.90. The molecule has 1 aromatic carbocycles. The average molecular weight is 330 g/mol. The number of hydrogen-bond donors (Lipinski definition) is 1. The van der Waals surface area contributed by atoms with Gasteiger partial charge in [-0.15, -0.1) is 12.4 Å². The van der Waals surface area contributed by atoms with Crippen LogP contribution in [-0.2, 0) is 6.54 Å². The van der Waals surface area contributed by atoms with Crippen molar-refractivity contribution in [2.24, 2.45) is 11.7 Å². The van der Waals surface area contributed by atoms with Gasteiger partial charge >= 0.3 is 5.69 Å². The Kier molecular flexibility index (Phi) is 7.06. The van der Waals surface area contributed by atoms with Crippen LogP contribution in [0.1, 0.15) is 25.3 Å². The van der Waals surface area contributed by atoms with Gasteiger partial charge in [-0.2, -0.15) is 0 Å². The number of nitro groups is 1. The molecule has 22 heavy (non-hydrogen) atoms. The average Bonchev–Trinajstić information content (AvgIpc) is 2.47. The van der Waals surface area contributed by atoms with Crippen molar-refractivity contribution in [1.29, 1.82) is 0 Å². The molecule has 2 N–H and O–H groups in total. The van der Waals surface area contributed by atoms with E-state index in [9.17, 15) is 10.1 Å². The van der Waals surface area contributed by atoms with Gasteiger partial charge < -0.3 is 10.5 Å². The van der Waals surface area contributed by atoms with Crippen molar-refractivity contribution in [2.45, 2.75) is 32.4 Å². The minimum absolute atomic E-state index is 0. The third kappa shape index (κ3) is 4.56. The molecule has 1 aromatic rings. The number of nitrogens with zero attached hydrogens (tertiary/aromatic N) is 2. The quantitative estimate of drug-likeness (QED) is 0.663. The molecule has 1 fully saturated rings. The first-order valence-electron chi connectivity index (χ1n) is 7.30. The number of nitrogens with two attached hydrogens (primary N) is 1. The van der Waals surface area contributed by atoms with E-state index in [0.717, 1.165) is 31.5 Å². The minimum atomic E-state index is -0.400. The van der Waals surface area contributed by atoms with Crippen LogP contribution in [0.4, 0.5) is 5.69 Å². The molecule has 2 atom stereocenters. The molecule has 0 aromatic heterocycles. The zero-order chi connectivity index (χ0) is 15.4. The van der Waals surface area contributed by atoms with Gasteiger partial charge in [0.15, 0.2) is 5.75 Å². The van der Waals surface area contributed by atoms with Crippen LogP contribution in [0, 0.1) is 16.0 Å². The number of benzene rings is 1. The molecule has 2 unspecified atom stereocenters. The highest BCUT2D eigenvalue weighted by Gasteiger charge is 2.23. The molecule has 0 amide bonds. The van der Waals surface area contributed by atoms with Crippen molar-refractivity contribution >= 4 is 18.1 Å². The van der Waals surface area contributed by atoms with E-state index in [1.807, 2.05) is 13.0 Å². The van der Waals surface area contributed by atoms with Crippen molar-refractivity contribution in [3.05, 3.63) is 33.9 Å². The first-order chi connectivity index (χ1) is 10.0. The Bertz CT molecular complexity index is 511. The molecular formula is C15H24ClN3O3. The summed E-state index contributed by atoms with van der Waals surface area (Å²) < 4.78 is 5.03. The summed E-state index contributed by atoms with van der Waals surface area (Å²) in [7, 11) is 1.44. The summed E-state index contributed by atoms with van der Waals surface area (Å²) in [6.07, 6.45) is 2.29. The van der Waals surface area contributed by atoms with Gasteiger partial charge in [0.25, 0.3) is 0 Å². The first kappa shape index (κ1) is 18.7. The molecule has 0 aliphatic carbocycles. The maximum atomic E-state index is 11.1. The summed E-state index contributed by atoms with van der Waals surface area (Å²) in [6, 6.07) is 5.36. The van der Waals surface area contributed by atoms with Crippen molar-refractivity contribution in [3.8, 4) is 5.75 Å². The number of nitro benzene ring substituents is 1. The summed E-state index contributed by atoms with van der Waals surface area (Å²) >= 11 is 0. The Morgan fingerprint density at radius 2 is 2.27 bits per heavy atom. The second kappa shape index (κ2) is 8.31. The standard InChI is InChI=1S/C15H23N3O3.ClH/c1-11(16)13-4-3-7-17(10-13)9-12-5-6-15(21-2)14(8-12)18(19)20;/h5-6,8,11,13H,3-4,7,9-10,16H2,1-2H3;1H. The summed E-state index contributed by atoms with van der Waals surface area (Å²) in [4.78, 5) is 13.0. The third-order valence-corrected chi connectivity index (χ3v) is 4.13. The maximum absolute atomic E-state index is 11.1. The van der Waals surface area contributed by atoms with Crippen LogP contribution in [0.15, 0.2) is 18.2 Å². The molecule has 0 radical (unpaired) electrons. The number of rotatable bonds is 5. The third-order valence-electron chi connectivity index (χ3n) is 4.13. The van der Waals surface area contributed by atoms with Crippen LogP contribution in [0.3, 0.4) is 0 Å². The van der Waals surface area contributed by atoms with E-state index < -0.39 is 4.92 Å². The monoisotopic (exact) mass is 329 g/mol. The number of ether oxygens (including phenoxy) is 1. The van der Waals surface area contributed by atoms with Gasteiger partial charge in [-0.1, -0.05) is 6.07 Å². The Balaban J connectivity index is 0.00000242. The molecule has 2 rings (SSSR count). The van der Waals surface area contributed by atoms with E-state index >= 15 is 0 Å². The van der Waals surface area contributed by atoms with Gasteiger partial charge in [-0.05, 0) is 43.9 Å². The normalized spacial score (nSPS) is 20.0. The van der Waals surface area contributed by atoms with E-state index in [1.54, 1.807) is 12.1 Å². The molecule has 124 valence electrons. The van der Waals surface area contributed by atoms with Crippen molar-refractivity contribution < 1.29 is 9.66 Å². The van der Waals surface area contributed by atoms with Gasteiger partial charge in [0.1, 0.15) is 0 Å². The lowest BCUT2D eigenvalue weighted by Gasteiger charge is -2.34. The fourth-order valence-electron chi connectivity index (χ4n) is 2.90. The number of piperidine rings is 1. The molecule has 0 bridgehead atoms. The molecule has 0 saturated carbocycles. The van der Waals surface area contributed by atoms with E-state index in [-0.39, 0.29) is 24.1 Å². The lowest BCUT2D eigenvalue weighted by atomic mass is 9.92. The maximum Gasteiger partial charge on any atom is 0.311 e. The number of likely N-dealkylation sites (tertiary alicyclic amines) is 1. The Labute approximate surface area is 137 Å². The highest BCUT2D eigenvalue weighted by atomic mass is 35.5. The topological polar surface area (TPSA) is 81.6 Å². The van der Waals surface area contributed by atoms with Crippen molar-refractivity contribution in [2.75, 3.05) is 20.2 Å². The number of hydrogen-bond acceptors (Lipinski definition) is 5. The predicted molar refractivity (Wildman–Crippen MR) is 88.5 cm³/mol. The van der Waals surface area contributed by atoms with E-state index in [0.29, 0.717) is 18.2 Å². The van der Waals surface area contributed by atoms with Gasteiger partial charge in [-0.25, -0.2) is 0 Å². The molecular weight excluding hydrogens is 306 g/mol. The van der Waals surface area contributed by atoms with Crippen LogP contribution in [-0.4, -0.2) is 36.1 Å². The zero-order valence-electron chi connectivity index (χ0n) is 13.0. The van der Waals surface area contributed by atoms with Gasteiger partial charge in [0, 0.05) is 25.2 Å². The van der Waals surface area contributed by atoms with Gasteiger partial charge in [-0.3, -0.25) is 15.0 Å². The molecule has 1 saturated heterocycles. The van der Waals surface area contributed by atoms with Crippen LogP contribution in [0.2, 0.25) is 0 Å². The van der Waals surface area contributed by atoms with E-state index in [4.69, 9.17) is 10.5 Å². The van der Waals surface area contributed by atoms with E-state index in [1.165, 1.54) is 7.11 Å². The second-order valence-corrected chi connectivity index (χ2v) is 5.76. The van der Waals surface area contributed by atoms with Crippen LogP contribution >= 0.6 is 12.4 Å². The van der Waals surface area contributed by atoms with Crippen LogP contribution in [0.5, 0.6) is 5.75 Å². The van der Waals surface area contributed by atoms with Gasteiger partial charge in [0.2, 0.25) is 0 Å². The summed E-state index contributed by atoms with van der Waals surface area (Å²) in [5.41, 5.74) is 6.95. The van der Waals surface area contributed by atoms with Crippen molar-refractivity contribution in [1.82, 2.24) is 4.90 Å². The Morgan fingerprint density at radius 3 is 2.86 bits per heavy atom. The highest BCUT2D eigenvalue weighted by molar-refractivity contribution is 5.85. The first-order valence-corrected chi connectivity index (χ1v) is 7.30. The van der Waals surface area contributed by atoms with Crippen LogP contribution in [0.25, 0.3) is 0 Å². The highest BCUT2D eigenvalue weighted by Crippen LogP contribution is 2.29. The largest absolute Gasteiger partial charge is 0.490 e. The van der Waals surface area contributed by atoms with Gasteiger partial charge in [0.05, 0.1) is 12.0 Å². The predicted octanol–water partition coefficient (Wildman–Crippen LogP) is 2.58. The summed E-state index contributed by atoms with van der Waals surface area (Å²) in [5, 5.41) is 11.1. The Morgan fingerprint density at radius 1 is 1.55 bits per heavy atom. The fraction of sp³-hybridized carbons (Fsp3) is 0.600. The number of halogens is 1. The summed E-state index contributed by atoms with van der Waals surface area (Å²) in [6.45, 7) is 4.74. The summed E-state index contributed by atoms with van der Waals surface area (Å²) in [5.74, 6) is 0.808. The lowest BCUT2D eigenvalue weighted by Crippen LogP contribution is -2.41. The number of methoxy groups -OCH3 is 1. The molecule has 1 aliphatic rings. The molecule has 1 aliphatic heterocycles. The second-order valence-electron chi connectivity index (χ2n) is 5.76. The SMILES string of the molecule is COc1ccc(CN2CCCC(C(C)N)C2)cc1[N+](=O)[O-].Cl. The van der Waals surface area contributed by atoms with Crippen LogP contribution < -0.4 is 10.5 Å². The molecule has 6 nitrogen and oxygen atoms in total. The Hall–Kier alpha value is -1.37. The molecule has 7 heteroatoms. The molecule has 1 heterocycles. The van der Waals surface area contributed by atoms with E-state index in [2.05, 4.69) is 4.90 Å². The molecule has 0 spiro atoms. The smallest absolute Gasteiger partial charge is 0.311 e. The van der Waals surface area contributed by atoms with Crippen molar-refractivity contribution in [3.63, 3.8) is 0 Å². The zero-order valence-corrected chi connectivity index (χ0v) is 13.8. The minimum Gasteiger partial charge on any atom is -0.490 e. The lowest BCUT2D eigenvalue weighted by molar-refractivity contribution is -0.385.